The molecule has 0 atom stereocenters. The number of carboxylic acid groups (broad SMARTS) is 1. The number of benzene rings is 2. The van der Waals surface area contributed by atoms with Crippen molar-refractivity contribution in [3.8, 4) is 22.4 Å². The van der Waals surface area contributed by atoms with E-state index in [0.29, 0.717) is 18.1 Å². The van der Waals surface area contributed by atoms with E-state index in [4.69, 9.17) is 4.98 Å². The highest BCUT2D eigenvalue weighted by Crippen LogP contribution is 2.43. The maximum Gasteiger partial charge on any atom is 0.405 e. The Balaban J connectivity index is 1.61. The molecule has 2 aromatic carbocycles. The number of nitrogens with zero attached hydrogens (tertiary/aromatic N) is 2. The number of nitrogens with one attached hydrogen (secondary N) is 2. The van der Waals surface area contributed by atoms with Crippen LogP contribution in [-0.4, -0.2) is 41.9 Å². The Bertz CT molecular complexity index is 1240. The number of halogens is 1. The Hall–Kier alpha value is -3.94. The number of anilines is 2. The second-order valence-electron chi connectivity index (χ2n) is 8.97. The molecule has 3 N–H and O–H groups in total. The van der Waals surface area contributed by atoms with Gasteiger partial charge in [0.05, 0.1) is 23.5 Å². The largest absolute Gasteiger partial charge is 0.465 e. The molecule has 5 rings (SSSR count). The van der Waals surface area contributed by atoms with Crippen LogP contribution in [0.15, 0.2) is 60.7 Å². The van der Waals surface area contributed by atoms with Gasteiger partial charge in [-0.15, -0.1) is 0 Å². The van der Waals surface area contributed by atoms with Crippen molar-refractivity contribution in [1.82, 2.24) is 10.3 Å². The second-order valence-corrected chi connectivity index (χ2v) is 8.97. The maximum atomic E-state index is 13.3. The van der Waals surface area contributed by atoms with Gasteiger partial charge in [-0.1, -0.05) is 54.6 Å². The molecule has 2 aliphatic rings. The fourth-order valence-corrected chi connectivity index (χ4v) is 4.95. The summed E-state index contributed by atoms with van der Waals surface area (Å²) in [7, 11) is 0. The first kappa shape index (κ1) is 22.8. The molecule has 1 aromatic heterocycles. The quantitative estimate of drug-likeness (QED) is 0.458. The molecule has 1 fully saturated rings. The summed E-state index contributed by atoms with van der Waals surface area (Å²) >= 11 is 0. The summed E-state index contributed by atoms with van der Waals surface area (Å²) in [4.78, 5) is 30.4. The molecule has 2 heterocycles. The van der Waals surface area contributed by atoms with Gasteiger partial charge in [0.2, 0.25) is 5.91 Å². The first-order chi connectivity index (χ1) is 17.0. The monoisotopic (exact) mass is 474 g/mol. The molecule has 7 nitrogen and oxygen atoms in total. The Morgan fingerprint density at radius 3 is 2.49 bits per heavy atom. The number of pyridine rings is 1. The van der Waals surface area contributed by atoms with Crippen LogP contribution in [-0.2, 0) is 10.3 Å². The zero-order valence-electron chi connectivity index (χ0n) is 19.3. The van der Waals surface area contributed by atoms with Gasteiger partial charge in [0, 0.05) is 24.1 Å². The summed E-state index contributed by atoms with van der Waals surface area (Å²) < 4.78 is 13.3. The molecule has 0 saturated heterocycles. The van der Waals surface area contributed by atoms with E-state index in [9.17, 15) is 19.1 Å². The van der Waals surface area contributed by atoms with E-state index >= 15 is 0 Å². The van der Waals surface area contributed by atoms with Crippen molar-refractivity contribution in [2.75, 3.05) is 30.0 Å². The molecule has 0 radical (unpaired) electrons. The van der Waals surface area contributed by atoms with Crippen molar-refractivity contribution in [2.24, 2.45) is 0 Å². The van der Waals surface area contributed by atoms with E-state index in [1.807, 2.05) is 60.7 Å². The first-order valence-corrected chi connectivity index (χ1v) is 11.8. The molecule has 1 aliphatic heterocycles. The van der Waals surface area contributed by atoms with Crippen LogP contribution in [0.3, 0.4) is 0 Å². The smallest absolute Gasteiger partial charge is 0.405 e. The topological polar surface area (TPSA) is 94.6 Å². The van der Waals surface area contributed by atoms with Crippen LogP contribution in [0.25, 0.3) is 22.4 Å². The van der Waals surface area contributed by atoms with E-state index in [-0.39, 0.29) is 18.9 Å². The number of carbonyl (C=O) groups excluding carboxylic acids is 1. The van der Waals surface area contributed by atoms with Crippen LogP contribution in [0.5, 0.6) is 0 Å². The van der Waals surface area contributed by atoms with Gasteiger partial charge in [-0.3, -0.25) is 4.79 Å². The minimum atomic E-state index is -1.02. The van der Waals surface area contributed by atoms with Crippen LogP contribution in [0.4, 0.5) is 20.7 Å². The van der Waals surface area contributed by atoms with Crippen LogP contribution in [0.1, 0.15) is 31.2 Å². The molecule has 1 saturated carbocycles. The standard InChI is InChI=1S/C27H27FN4O3/c28-14-16-32-22-17-21(18-5-2-1-3-6-18)24(30-25(22)29-15-11-23(32)33)19-7-9-20(10-8-19)27(12-4-13-27)31-26(34)35/h1-3,5-10,17,31H,4,11-16H2,(H,29,30)(H,34,35). The van der Waals surface area contributed by atoms with E-state index in [1.165, 1.54) is 4.90 Å². The van der Waals surface area contributed by atoms with E-state index in [2.05, 4.69) is 10.6 Å². The third kappa shape index (κ3) is 4.32. The van der Waals surface area contributed by atoms with Gasteiger partial charge in [0.15, 0.2) is 5.82 Å². The fourth-order valence-electron chi connectivity index (χ4n) is 4.95. The predicted molar refractivity (Wildman–Crippen MR) is 133 cm³/mol. The summed E-state index contributed by atoms with van der Waals surface area (Å²) in [5.41, 5.74) is 4.34. The Kier molecular flexibility index (Phi) is 6.11. The highest BCUT2D eigenvalue weighted by Gasteiger charge is 2.40. The number of hydrogen-bond donors (Lipinski definition) is 3. The SMILES string of the molecule is O=C(O)NC1(c2ccc(-c3nc4c(cc3-c3ccccc3)N(CCF)C(=O)CCN4)cc2)CCC1. The van der Waals surface area contributed by atoms with Gasteiger partial charge in [-0.25, -0.2) is 14.2 Å². The lowest BCUT2D eigenvalue weighted by Gasteiger charge is -2.42. The highest BCUT2D eigenvalue weighted by molar-refractivity contribution is 6.00. The van der Waals surface area contributed by atoms with E-state index in [1.54, 1.807) is 0 Å². The number of alkyl halides is 1. The van der Waals surface area contributed by atoms with Crippen molar-refractivity contribution >= 4 is 23.5 Å². The number of hydrogen-bond acceptors (Lipinski definition) is 4. The number of amides is 2. The van der Waals surface area contributed by atoms with Gasteiger partial charge < -0.3 is 20.6 Å². The number of rotatable bonds is 6. The Morgan fingerprint density at radius 1 is 1.11 bits per heavy atom. The molecular weight excluding hydrogens is 447 g/mol. The molecule has 0 spiro atoms. The van der Waals surface area contributed by atoms with Gasteiger partial charge in [-0.05, 0) is 36.5 Å². The summed E-state index contributed by atoms with van der Waals surface area (Å²) in [6, 6.07) is 19.5. The Labute approximate surface area is 203 Å². The minimum absolute atomic E-state index is 0.0177. The second kappa shape index (κ2) is 9.37. The predicted octanol–water partition coefficient (Wildman–Crippen LogP) is 5.18. The van der Waals surface area contributed by atoms with Crippen molar-refractivity contribution in [1.29, 1.82) is 0 Å². The average Bonchev–Trinajstić information content (AvgIpc) is 2.99. The van der Waals surface area contributed by atoms with Gasteiger partial charge in [-0.2, -0.15) is 0 Å². The third-order valence-corrected chi connectivity index (χ3v) is 6.88. The van der Waals surface area contributed by atoms with Crippen LogP contribution < -0.4 is 15.5 Å². The summed E-state index contributed by atoms with van der Waals surface area (Å²) in [5.74, 6) is 0.412. The lowest BCUT2D eigenvalue weighted by molar-refractivity contribution is -0.118. The number of aromatic nitrogens is 1. The minimum Gasteiger partial charge on any atom is -0.465 e. The fraction of sp³-hybridized carbons (Fsp3) is 0.296. The van der Waals surface area contributed by atoms with E-state index < -0.39 is 18.3 Å². The van der Waals surface area contributed by atoms with Gasteiger partial charge in [0.1, 0.15) is 6.67 Å². The average molecular weight is 475 g/mol. The molecule has 8 heteroatoms. The molecule has 180 valence electrons. The third-order valence-electron chi connectivity index (χ3n) is 6.88. The summed E-state index contributed by atoms with van der Waals surface area (Å²) in [5, 5.41) is 15.2. The lowest BCUT2D eigenvalue weighted by atomic mass is 9.71. The molecule has 35 heavy (non-hydrogen) atoms. The number of fused-ring (bicyclic) bond motifs is 1. The van der Waals surface area contributed by atoms with Crippen LogP contribution >= 0.6 is 0 Å². The van der Waals surface area contributed by atoms with Gasteiger partial charge >= 0.3 is 6.09 Å². The summed E-state index contributed by atoms with van der Waals surface area (Å²) in [6.45, 7) is -0.231. The molecule has 2 amide bonds. The van der Waals surface area contributed by atoms with E-state index in [0.717, 1.165) is 47.2 Å². The van der Waals surface area contributed by atoms with Crippen molar-refractivity contribution in [2.45, 2.75) is 31.2 Å². The maximum absolute atomic E-state index is 13.3. The van der Waals surface area contributed by atoms with Crippen molar-refractivity contribution in [3.05, 3.63) is 66.2 Å². The highest BCUT2D eigenvalue weighted by atomic mass is 19.1. The molecule has 0 unspecified atom stereocenters. The molecule has 1 aliphatic carbocycles. The lowest BCUT2D eigenvalue weighted by Crippen LogP contribution is -2.50. The van der Waals surface area contributed by atoms with Gasteiger partial charge in [0.25, 0.3) is 0 Å². The van der Waals surface area contributed by atoms with Crippen LogP contribution in [0, 0.1) is 0 Å². The normalized spacial score (nSPS) is 16.5. The van der Waals surface area contributed by atoms with Crippen molar-refractivity contribution < 1.29 is 19.1 Å². The first-order valence-electron chi connectivity index (χ1n) is 11.8. The number of carbonyl (C=O) groups is 2. The molecule has 3 aromatic rings. The molecule has 0 bridgehead atoms. The Morgan fingerprint density at radius 2 is 1.86 bits per heavy atom. The summed E-state index contributed by atoms with van der Waals surface area (Å²) in [6.07, 6.45) is 1.76. The zero-order chi connectivity index (χ0) is 24.4. The molecular formula is C27H27FN4O3. The van der Waals surface area contributed by atoms with Crippen LogP contribution in [0.2, 0.25) is 0 Å². The van der Waals surface area contributed by atoms with Crippen molar-refractivity contribution in [3.63, 3.8) is 0 Å². The zero-order valence-corrected chi connectivity index (χ0v) is 19.3.